The average Bonchev–Trinajstić information content (AvgIpc) is 3.18. The van der Waals surface area contributed by atoms with Crippen LogP contribution in [0.3, 0.4) is 0 Å². The van der Waals surface area contributed by atoms with Crippen LogP contribution in [0.1, 0.15) is 18.4 Å². The first-order valence-electron chi connectivity index (χ1n) is 6.97. The molecule has 0 spiro atoms. The molecule has 0 radical (unpaired) electrons. The molecule has 0 saturated heterocycles. The van der Waals surface area contributed by atoms with Gasteiger partial charge in [0.25, 0.3) is 0 Å². The first-order valence-corrected chi connectivity index (χ1v) is 7.35. The van der Waals surface area contributed by atoms with Crippen LogP contribution >= 0.6 is 11.6 Å². The minimum Gasteiger partial charge on any atom is -0.329 e. The van der Waals surface area contributed by atoms with E-state index in [0.717, 1.165) is 11.3 Å². The van der Waals surface area contributed by atoms with E-state index in [-0.39, 0.29) is 5.91 Å². The summed E-state index contributed by atoms with van der Waals surface area (Å²) in [6.45, 7) is 2.90. The van der Waals surface area contributed by atoms with Crippen LogP contribution in [0, 0.1) is 12.8 Å². The molecular weight excluding hydrogens is 274 g/mol. The van der Waals surface area contributed by atoms with Gasteiger partial charge < -0.3 is 11.1 Å². The van der Waals surface area contributed by atoms with Crippen molar-refractivity contribution in [3.05, 3.63) is 28.8 Å². The smallest absolute Gasteiger partial charge is 0.238 e. The number of nitrogens with zero attached hydrogens (tertiary/aromatic N) is 1. The molecule has 2 rings (SSSR count). The van der Waals surface area contributed by atoms with Crippen molar-refractivity contribution < 1.29 is 4.79 Å². The molecule has 1 saturated carbocycles. The molecule has 5 heteroatoms. The summed E-state index contributed by atoms with van der Waals surface area (Å²) in [6, 6.07) is 5.76. The fraction of sp³-hybridized carbons (Fsp3) is 0.533. The van der Waals surface area contributed by atoms with Gasteiger partial charge in [-0.2, -0.15) is 0 Å². The standard InChI is InChI=1S/C15H22ClN3O/c1-10-7-12(16)5-6-13(10)18-15(20)9-19(2)14(8-17)11-3-4-11/h5-7,11,14H,3-4,8-9,17H2,1-2H3,(H,18,20). The van der Waals surface area contributed by atoms with E-state index >= 15 is 0 Å². The monoisotopic (exact) mass is 295 g/mol. The number of nitrogens with two attached hydrogens (primary N) is 1. The van der Waals surface area contributed by atoms with Crippen molar-refractivity contribution in [2.24, 2.45) is 11.7 Å². The largest absolute Gasteiger partial charge is 0.329 e. The second-order valence-electron chi connectivity index (χ2n) is 5.56. The molecule has 20 heavy (non-hydrogen) atoms. The molecule has 0 bridgehead atoms. The Balaban J connectivity index is 1.91. The summed E-state index contributed by atoms with van der Waals surface area (Å²) >= 11 is 5.91. The number of benzene rings is 1. The van der Waals surface area contributed by atoms with E-state index in [9.17, 15) is 4.79 Å². The molecule has 0 aliphatic heterocycles. The van der Waals surface area contributed by atoms with E-state index in [1.54, 1.807) is 6.07 Å². The molecule has 1 unspecified atom stereocenters. The zero-order chi connectivity index (χ0) is 14.7. The van der Waals surface area contributed by atoms with Crippen LogP contribution < -0.4 is 11.1 Å². The van der Waals surface area contributed by atoms with Gasteiger partial charge in [0, 0.05) is 23.3 Å². The topological polar surface area (TPSA) is 58.4 Å². The molecule has 0 aromatic heterocycles. The highest BCUT2D eigenvalue weighted by Crippen LogP contribution is 2.34. The summed E-state index contributed by atoms with van der Waals surface area (Å²) in [5.41, 5.74) is 7.57. The maximum absolute atomic E-state index is 12.1. The van der Waals surface area contributed by atoms with Gasteiger partial charge in [-0.3, -0.25) is 9.69 Å². The molecule has 1 aliphatic rings. The van der Waals surface area contributed by atoms with Crippen LogP contribution in [0.4, 0.5) is 5.69 Å². The number of likely N-dealkylation sites (N-methyl/N-ethyl adjacent to an activating group) is 1. The lowest BCUT2D eigenvalue weighted by molar-refractivity contribution is -0.117. The summed E-state index contributed by atoms with van der Waals surface area (Å²) in [5, 5.41) is 3.60. The van der Waals surface area contributed by atoms with Crippen LogP contribution in [0.5, 0.6) is 0 Å². The molecule has 0 heterocycles. The number of hydrogen-bond acceptors (Lipinski definition) is 3. The molecule has 1 aromatic rings. The number of carbonyl (C=O) groups is 1. The van der Waals surface area contributed by atoms with Crippen molar-refractivity contribution in [3.63, 3.8) is 0 Å². The minimum absolute atomic E-state index is 0.0166. The van der Waals surface area contributed by atoms with Crippen molar-refractivity contribution in [1.29, 1.82) is 0 Å². The maximum atomic E-state index is 12.1. The summed E-state index contributed by atoms with van der Waals surface area (Å²) < 4.78 is 0. The van der Waals surface area contributed by atoms with Gasteiger partial charge in [0.15, 0.2) is 0 Å². The molecule has 1 fully saturated rings. The van der Waals surface area contributed by atoms with Crippen LogP contribution in [0.2, 0.25) is 5.02 Å². The first kappa shape index (κ1) is 15.3. The fourth-order valence-electron chi connectivity index (χ4n) is 2.51. The lowest BCUT2D eigenvalue weighted by atomic mass is 10.1. The number of halogens is 1. The van der Waals surface area contributed by atoms with Gasteiger partial charge in [0.2, 0.25) is 5.91 Å². The van der Waals surface area contributed by atoms with Gasteiger partial charge in [0.1, 0.15) is 0 Å². The highest BCUT2D eigenvalue weighted by atomic mass is 35.5. The number of hydrogen-bond donors (Lipinski definition) is 2. The molecule has 3 N–H and O–H groups in total. The number of anilines is 1. The Bertz CT molecular complexity index is 488. The van der Waals surface area contributed by atoms with E-state index in [4.69, 9.17) is 17.3 Å². The maximum Gasteiger partial charge on any atom is 0.238 e. The fourth-order valence-corrected chi connectivity index (χ4v) is 2.74. The van der Waals surface area contributed by atoms with Crippen LogP contribution in [-0.2, 0) is 4.79 Å². The van der Waals surface area contributed by atoms with Crippen molar-refractivity contribution in [2.45, 2.75) is 25.8 Å². The zero-order valence-corrected chi connectivity index (χ0v) is 12.8. The summed E-state index contributed by atoms with van der Waals surface area (Å²) in [4.78, 5) is 14.2. The van der Waals surface area contributed by atoms with E-state index in [1.807, 2.05) is 26.1 Å². The Hall–Kier alpha value is -1.10. The second-order valence-corrected chi connectivity index (χ2v) is 6.00. The van der Waals surface area contributed by atoms with Crippen molar-refractivity contribution in [2.75, 3.05) is 25.5 Å². The third kappa shape index (κ3) is 3.95. The predicted molar refractivity (Wildman–Crippen MR) is 83.0 cm³/mol. The van der Waals surface area contributed by atoms with Gasteiger partial charge in [-0.05, 0) is 56.5 Å². The molecule has 1 atom stereocenters. The van der Waals surface area contributed by atoms with Crippen molar-refractivity contribution >= 4 is 23.2 Å². The van der Waals surface area contributed by atoms with Gasteiger partial charge in [0.05, 0.1) is 6.54 Å². The molecule has 1 aliphatic carbocycles. The second kappa shape index (κ2) is 6.57. The summed E-state index contributed by atoms with van der Waals surface area (Å²) in [5.74, 6) is 0.645. The lowest BCUT2D eigenvalue weighted by Gasteiger charge is -2.26. The summed E-state index contributed by atoms with van der Waals surface area (Å²) in [7, 11) is 1.96. The summed E-state index contributed by atoms with van der Waals surface area (Å²) in [6.07, 6.45) is 2.45. The highest BCUT2D eigenvalue weighted by Gasteiger charge is 2.33. The molecule has 1 aromatic carbocycles. The van der Waals surface area contributed by atoms with Crippen LogP contribution in [-0.4, -0.2) is 37.0 Å². The minimum atomic E-state index is -0.0166. The first-order chi connectivity index (χ1) is 9.51. The Labute approximate surface area is 125 Å². The molecule has 1 amide bonds. The number of aryl methyl sites for hydroxylation is 1. The van der Waals surface area contributed by atoms with E-state index < -0.39 is 0 Å². The third-order valence-electron chi connectivity index (χ3n) is 3.83. The van der Waals surface area contributed by atoms with Crippen LogP contribution in [0.25, 0.3) is 0 Å². The van der Waals surface area contributed by atoms with Crippen molar-refractivity contribution in [3.8, 4) is 0 Å². The Morgan fingerprint density at radius 1 is 1.55 bits per heavy atom. The van der Waals surface area contributed by atoms with Gasteiger partial charge in [-0.15, -0.1) is 0 Å². The lowest BCUT2D eigenvalue weighted by Crippen LogP contribution is -2.43. The third-order valence-corrected chi connectivity index (χ3v) is 4.06. The number of nitrogens with one attached hydrogen (secondary N) is 1. The molecule has 4 nitrogen and oxygen atoms in total. The molecule has 110 valence electrons. The van der Waals surface area contributed by atoms with E-state index in [2.05, 4.69) is 10.2 Å². The SMILES string of the molecule is Cc1cc(Cl)ccc1NC(=O)CN(C)C(CN)C1CC1. The zero-order valence-electron chi connectivity index (χ0n) is 12.0. The van der Waals surface area contributed by atoms with E-state index in [0.29, 0.717) is 30.1 Å². The Morgan fingerprint density at radius 3 is 2.80 bits per heavy atom. The average molecular weight is 296 g/mol. The Morgan fingerprint density at radius 2 is 2.25 bits per heavy atom. The number of amides is 1. The molecular formula is C15H22ClN3O. The predicted octanol–water partition coefficient (Wildman–Crippen LogP) is 2.26. The quantitative estimate of drug-likeness (QED) is 0.846. The number of rotatable bonds is 6. The van der Waals surface area contributed by atoms with Gasteiger partial charge in [-0.25, -0.2) is 0 Å². The normalized spacial score (nSPS) is 16.2. The van der Waals surface area contributed by atoms with Gasteiger partial charge >= 0.3 is 0 Å². The van der Waals surface area contributed by atoms with Crippen molar-refractivity contribution in [1.82, 2.24) is 4.90 Å². The Kier molecular flexibility index (Phi) is 5.02. The van der Waals surface area contributed by atoms with Crippen LogP contribution in [0.15, 0.2) is 18.2 Å². The van der Waals surface area contributed by atoms with E-state index in [1.165, 1.54) is 12.8 Å². The number of carbonyl (C=O) groups excluding carboxylic acids is 1. The highest BCUT2D eigenvalue weighted by molar-refractivity contribution is 6.30. The van der Waals surface area contributed by atoms with Gasteiger partial charge in [-0.1, -0.05) is 11.6 Å².